The number of hydrogen-bond donors (Lipinski definition) is 0. The lowest BCUT2D eigenvalue weighted by Crippen LogP contribution is -2.50. The number of morpholine rings is 1. The fourth-order valence-corrected chi connectivity index (χ4v) is 3.62. The van der Waals surface area contributed by atoms with E-state index in [4.69, 9.17) is 9.26 Å². The zero-order valence-electron chi connectivity index (χ0n) is 14.4. The third-order valence-corrected chi connectivity index (χ3v) is 5.03. The van der Waals surface area contributed by atoms with Crippen molar-refractivity contribution in [2.24, 2.45) is 0 Å². The molecule has 2 fully saturated rings. The Balaban J connectivity index is 1.49. The van der Waals surface area contributed by atoms with Crippen LogP contribution in [0.3, 0.4) is 0 Å². The summed E-state index contributed by atoms with van der Waals surface area (Å²) in [5, 5.41) is 4.04. The number of ether oxygens (including phenoxy) is 1. The van der Waals surface area contributed by atoms with Crippen LogP contribution in [-0.4, -0.2) is 69.2 Å². The summed E-state index contributed by atoms with van der Waals surface area (Å²) in [6.07, 6.45) is 4.63. The first-order valence-electron chi connectivity index (χ1n) is 8.46. The summed E-state index contributed by atoms with van der Waals surface area (Å²) in [5.74, 6) is 0.759. The molecular weight excluding hydrogens is 322 g/mol. The van der Waals surface area contributed by atoms with E-state index >= 15 is 0 Å². The molecule has 4 rings (SSSR count). The standard InChI is InChI=1S/C17H21N5O3/c1-11-13(12(2)25-20-11)8-21-5-6-24-16-10-22(9-15(16)21)17(23)14-7-18-3-4-19-14/h3-4,7,15-16H,5-6,8-10H2,1-2H3/t15-,16+/m0/s1. The van der Waals surface area contributed by atoms with Crippen molar-refractivity contribution in [1.82, 2.24) is 24.9 Å². The van der Waals surface area contributed by atoms with E-state index in [1.807, 2.05) is 18.7 Å². The number of amides is 1. The number of aryl methyl sites for hydroxylation is 2. The van der Waals surface area contributed by atoms with Gasteiger partial charge in [-0.05, 0) is 13.8 Å². The van der Waals surface area contributed by atoms with Gasteiger partial charge in [-0.1, -0.05) is 5.16 Å². The van der Waals surface area contributed by atoms with Gasteiger partial charge in [-0.3, -0.25) is 14.7 Å². The predicted octanol–water partition coefficient (Wildman–Crippen LogP) is 0.807. The highest BCUT2D eigenvalue weighted by Gasteiger charge is 2.42. The Morgan fingerprint density at radius 2 is 2.20 bits per heavy atom. The SMILES string of the molecule is Cc1noc(C)c1CN1CCO[C@@H]2CN(C(=O)c3cnccn3)C[C@@H]21. The molecule has 0 unspecified atom stereocenters. The Morgan fingerprint density at radius 1 is 1.32 bits per heavy atom. The Hall–Kier alpha value is -2.32. The number of rotatable bonds is 3. The smallest absolute Gasteiger partial charge is 0.274 e. The molecule has 2 aromatic rings. The fraction of sp³-hybridized carbons (Fsp3) is 0.529. The molecule has 0 radical (unpaired) electrons. The third-order valence-electron chi connectivity index (χ3n) is 5.03. The lowest BCUT2D eigenvalue weighted by Gasteiger charge is -2.36. The predicted molar refractivity (Wildman–Crippen MR) is 87.9 cm³/mol. The largest absolute Gasteiger partial charge is 0.373 e. The van der Waals surface area contributed by atoms with Crippen molar-refractivity contribution in [3.05, 3.63) is 41.3 Å². The number of hydrogen-bond acceptors (Lipinski definition) is 7. The summed E-state index contributed by atoms with van der Waals surface area (Å²) in [6, 6.07) is 0.170. The van der Waals surface area contributed by atoms with Crippen LogP contribution in [-0.2, 0) is 11.3 Å². The molecule has 132 valence electrons. The Kier molecular flexibility index (Phi) is 4.22. The number of carbonyl (C=O) groups excluding carboxylic acids is 1. The molecule has 25 heavy (non-hydrogen) atoms. The van der Waals surface area contributed by atoms with E-state index in [1.165, 1.54) is 12.4 Å². The van der Waals surface area contributed by atoms with Crippen LogP contribution in [0.2, 0.25) is 0 Å². The first-order chi connectivity index (χ1) is 12.1. The van der Waals surface area contributed by atoms with Gasteiger partial charge < -0.3 is 14.2 Å². The first-order valence-corrected chi connectivity index (χ1v) is 8.46. The van der Waals surface area contributed by atoms with E-state index in [9.17, 15) is 4.79 Å². The van der Waals surface area contributed by atoms with E-state index < -0.39 is 0 Å². The van der Waals surface area contributed by atoms with Crippen LogP contribution in [0, 0.1) is 13.8 Å². The van der Waals surface area contributed by atoms with Gasteiger partial charge in [-0.15, -0.1) is 0 Å². The Labute approximate surface area is 145 Å². The number of carbonyl (C=O) groups is 1. The molecule has 0 aromatic carbocycles. The summed E-state index contributed by atoms with van der Waals surface area (Å²) >= 11 is 0. The molecule has 2 aromatic heterocycles. The van der Waals surface area contributed by atoms with Crippen molar-refractivity contribution in [1.29, 1.82) is 0 Å². The molecule has 0 bridgehead atoms. The highest BCUT2D eigenvalue weighted by atomic mass is 16.5. The molecule has 0 N–H and O–H groups in total. The highest BCUT2D eigenvalue weighted by molar-refractivity contribution is 5.92. The fourth-order valence-electron chi connectivity index (χ4n) is 3.62. The highest BCUT2D eigenvalue weighted by Crippen LogP contribution is 2.26. The van der Waals surface area contributed by atoms with Crippen LogP contribution >= 0.6 is 0 Å². The van der Waals surface area contributed by atoms with Gasteiger partial charge in [0.2, 0.25) is 0 Å². The maximum Gasteiger partial charge on any atom is 0.274 e. The van der Waals surface area contributed by atoms with Crippen LogP contribution in [0.5, 0.6) is 0 Å². The molecule has 0 saturated carbocycles. The van der Waals surface area contributed by atoms with Crippen LogP contribution in [0.15, 0.2) is 23.1 Å². The van der Waals surface area contributed by atoms with E-state index in [0.29, 0.717) is 25.4 Å². The normalized spacial score (nSPS) is 23.7. The molecule has 8 heteroatoms. The molecule has 0 aliphatic carbocycles. The van der Waals surface area contributed by atoms with Gasteiger partial charge in [0, 0.05) is 44.1 Å². The summed E-state index contributed by atoms with van der Waals surface area (Å²) in [5.41, 5.74) is 2.42. The van der Waals surface area contributed by atoms with Gasteiger partial charge in [0.1, 0.15) is 11.5 Å². The van der Waals surface area contributed by atoms with Gasteiger partial charge in [-0.2, -0.15) is 0 Å². The second-order valence-corrected chi connectivity index (χ2v) is 6.55. The van der Waals surface area contributed by atoms with Crippen molar-refractivity contribution >= 4 is 5.91 Å². The van der Waals surface area contributed by atoms with Crippen LogP contribution in [0.25, 0.3) is 0 Å². The zero-order chi connectivity index (χ0) is 17.4. The summed E-state index contributed by atoms with van der Waals surface area (Å²) < 4.78 is 11.2. The van der Waals surface area contributed by atoms with Crippen molar-refractivity contribution < 1.29 is 14.1 Å². The van der Waals surface area contributed by atoms with Gasteiger partial charge in [0.05, 0.1) is 30.6 Å². The number of likely N-dealkylation sites (tertiary alicyclic amines) is 1. The second-order valence-electron chi connectivity index (χ2n) is 6.55. The van der Waals surface area contributed by atoms with Crippen LogP contribution in [0.1, 0.15) is 27.5 Å². The van der Waals surface area contributed by atoms with Crippen LogP contribution < -0.4 is 0 Å². The lowest BCUT2D eigenvalue weighted by atomic mass is 10.1. The molecular formula is C17H21N5O3. The molecule has 2 atom stereocenters. The number of nitrogens with zero attached hydrogens (tertiary/aromatic N) is 5. The zero-order valence-corrected chi connectivity index (χ0v) is 14.4. The summed E-state index contributed by atoms with van der Waals surface area (Å²) in [6.45, 7) is 7.37. The second kappa shape index (κ2) is 6.53. The quantitative estimate of drug-likeness (QED) is 0.815. The monoisotopic (exact) mass is 343 g/mol. The van der Waals surface area contributed by atoms with Gasteiger partial charge in [0.25, 0.3) is 5.91 Å². The van der Waals surface area contributed by atoms with Crippen molar-refractivity contribution in [3.63, 3.8) is 0 Å². The molecule has 2 aliphatic heterocycles. The average Bonchev–Trinajstić information content (AvgIpc) is 3.21. The minimum Gasteiger partial charge on any atom is -0.373 e. The number of fused-ring (bicyclic) bond motifs is 1. The Bertz CT molecular complexity index is 743. The Morgan fingerprint density at radius 3 is 2.92 bits per heavy atom. The van der Waals surface area contributed by atoms with Gasteiger partial charge in [-0.25, -0.2) is 4.98 Å². The molecule has 4 heterocycles. The maximum absolute atomic E-state index is 12.6. The van der Waals surface area contributed by atoms with Gasteiger partial charge in [0.15, 0.2) is 0 Å². The van der Waals surface area contributed by atoms with E-state index in [-0.39, 0.29) is 18.1 Å². The lowest BCUT2D eigenvalue weighted by molar-refractivity contribution is -0.0505. The van der Waals surface area contributed by atoms with Crippen molar-refractivity contribution in [2.75, 3.05) is 26.2 Å². The molecule has 2 saturated heterocycles. The van der Waals surface area contributed by atoms with E-state index in [2.05, 4.69) is 20.0 Å². The summed E-state index contributed by atoms with van der Waals surface area (Å²) in [7, 11) is 0. The van der Waals surface area contributed by atoms with Crippen LogP contribution in [0.4, 0.5) is 0 Å². The van der Waals surface area contributed by atoms with Crippen molar-refractivity contribution in [2.45, 2.75) is 32.5 Å². The maximum atomic E-state index is 12.6. The van der Waals surface area contributed by atoms with Gasteiger partial charge >= 0.3 is 0 Å². The average molecular weight is 343 g/mol. The van der Waals surface area contributed by atoms with Crippen molar-refractivity contribution in [3.8, 4) is 0 Å². The first kappa shape index (κ1) is 16.2. The van der Waals surface area contributed by atoms with E-state index in [1.54, 1.807) is 6.20 Å². The van der Waals surface area contributed by atoms with E-state index in [0.717, 1.165) is 30.1 Å². The summed E-state index contributed by atoms with van der Waals surface area (Å²) in [4.78, 5) is 24.9. The molecule has 8 nitrogen and oxygen atoms in total. The number of aromatic nitrogens is 3. The third kappa shape index (κ3) is 3.03. The molecule has 2 aliphatic rings. The minimum absolute atomic E-state index is 0.0230. The molecule has 1 amide bonds. The topological polar surface area (TPSA) is 84.6 Å². The minimum atomic E-state index is -0.0941. The molecule has 0 spiro atoms.